The summed E-state index contributed by atoms with van der Waals surface area (Å²) in [7, 11) is 0. The van der Waals surface area contributed by atoms with E-state index in [1.54, 1.807) is 6.26 Å². The molecule has 0 saturated heterocycles. The fourth-order valence-corrected chi connectivity index (χ4v) is 5.35. The first-order valence-electron chi connectivity index (χ1n) is 7.99. The van der Waals surface area contributed by atoms with Crippen LogP contribution in [-0.2, 0) is 4.79 Å². The zero-order chi connectivity index (χ0) is 13.7. The second-order valence-corrected chi connectivity index (χ2v) is 7.41. The van der Waals surface area contributed by atoms with Crippen LogP contribution in [0.2, 0.25) is 0 Å². The molecule has 1 unspecified atom stereocenters. The van der Waals surface area contributed by atoms with Crippen LogP contribution in [0.25, 0.3) is 0 Å². The maximum atomic E-state index is 12.8. The minimum atomic E-state index is -0.0599. The van der Waals surface area contributed by atoms with Crippen LogP contribution in [0.3, 0.4) is 0 Å². The molecule has 5 rings (SSSR count). The summed E-state index contributed by atoms with van der Waals surface area (Å²) in [4.78, 5) is 12.8. The number of furan rings is 1. The summed E-state index contributed by atoms with van der Waals surface area (Å²) in [6.45, 7) is 2.01. The lowest BCUT2D eigenvalue weighted by Gasteiger charge is -2.55. The molecule has 1 N–H and O–H groups in total. The zero-order valence-corrected chi connectivity index (χ0v) is 12.1. The van der Waals surface area contributed by atoms with E-state index in [2.05, 4.69) is 5.32 Å². The molecule has 1 amide bonds. The topological polar surface area (TPSA) is 42.2 Å². The third kappa shape index (κ3) is 1.90. The molecule has 1 aromatic rings. The number of rotatable bonds is 3. The Morgan fingerprint density at radius 2 is 1.85 bits per heavy atom. The molecular weight excluding hydrogens is 250 g/mol. The highest BCUT2D eigenvalue weighted by molar-refractivity contribution is 5.83. The number of nitrogens with one attached hydrogen (secondary N) is 1. The van der Waals surface area contributed by atoms with Gasteiger partial charge in [-0.2, -0.15) is 0 Å². The first kappa shape index (κ1) is 12.5. The Balaban J connectivity index is 1.51. The number of hydrogen-bond donors (Lipinski definition) is 1. The first-order valence-corrected chi connectivity index (χ1v) is 7.99. The Morgan fingerprint density at radius 1 is 1.25 bits per heavy atom. The van der Waals surface area contributed by atoms with E-state index in [4.69, 9.17) is 4.42 Å². The summed E-state index contributed by atoms with van der Waals surface area (Å²) in [6, 6.07) is 3.79. The van der Waals surface area contributed by atoms with Crippen LogP contribution >= 0.6 is 0 Å². The minimum absolute atomic E-state index is 0.0227. The van der Waals surface area contributed by atoms with Crippen molar-refractivity contribution in [2.75, 3.05) is 0 Å². The maximum absolute atomic E-state index is 12.8. The van der Waals surface area contributed by atoms with Crippen molar-refractivity contribution < 1.29 is 9.21 Å². The second-order valence-electron chi connectivity index (χ2n) is 7.41. The monoisotopic (exact) mass is 273 g/mol. The van der Waals surface area contributed by atoms with E-state index in [0.29, 0.717) is 0 Å². The molecule has 4 aliphatic carbocycles. The van der Waals surface area contributed by atoms with Gasteiger partial charge in [0.1, 0.15) is 5.76 Å². The Hall–Kier alpha value is -1.25. The van der Waals surface area contributed by atoms with Crippen LogP contribution in [0.15, 0.2) is 22.8 Å². The van der Waals surface area contributed by atoms with Crippen LogP contribution in [0.5, 0.6) is 0 Å². The Bertz CT molecular complexity index is 470. The van der Waals surface area contributed by atoms with E-state index in [1.807, 2.05) is 19.1 Å². The molecular formula is C17H23NO2. The standard InChI is InChI=1S/C17H23NO2/c1-11(15-3-2-4-20-15)18-16(19)17-8-12-5-13(9-17)7-14(6-12)10-17/h2-4,11-14H,5-10H2,1H3,(H,18,19). The van der Waals surface area contributed by atoms with Crippen molar-refractivity contribution in [3.63, 3.8) is 0 Å². The third-order valence-electron chi connectivity index (χ3n) is 5.84. The summed E-state index contributed by atoms with van der Waals surface area (Å²) in [6.07, 6.45) is 9.16. The highest BCUT2D eigenvalue weighted by Gasteiger charge is 2.54. The number of amides is 1. The lowest BCUT2D eigenvalue weighted by molar-refractivity contribution is -0.147. The molecule has 108 valence electrons. The molecule has 3 nitrogen and oxygen atoms in total. The van der Waals surface area contributed by atoms with Crippen molar-refractivity contribution in [3.05, 3.63) is 24.2 Å². The molecule has 1 heterocycles. The van der Waals surface area contributed by atoms with Crippen molar-refractivity contribution in [2.24, 2.45) is 23.2 Å². The molecule has 0 aromatic carbocycles. The Kier molecular flexibility index (Phi) is 2.73. The molecule has 4 bridgehead atoms. The van der Waals surface area contributed by atoms with E-state index in [0.717, 1.165) is 42.8 Å². The average Bonchev–Trinajstić information content (AvgIpc) is 2.90. The van der Waals surface area contributed by atoms with Crippen molar-refractivity contribution in [1.29, 1.82) is 0 Å². The van der Waals surface area contributed by atoms with Crippen LogP contribution in [0.4, 0.5) is 0 Å². The van der Waals surface area contributed by atoms with Gasteiger partial charge >= 0.3 is 0 Å². The van der Waals surface area contributed by atoms with Crippen molar-refractivity contribution >= 4 is 5.91 Å². The quantitative estimate of drug-likeness (QED) is 0.913. The van der Waals surface area contributed by atoms with Gasteiger partial charge < -0.3 is 9.73 Å². The highest BCUT2D eigenvalue weighted by atomic mass is 16.3. The molecule has 4 aliphatic rings. The van der Waals surface area contributed by atoms with Gasteiger partial charge in [-0.25, -0.2) is 0 Å². The fourth-order valence-electron chi connectivity index (χ4n) is 5.35. The second kappa shape index (κ2) is 4.37. The van der Waals surface area contributed by atoms with Gasteiger partial charge in [0.15, 0.2) is 0 Å². The van der Waals surface area contributed by atoms with Gasteiger partial charge in [-0.1, -0.05) is 0 Å². The van der Waals surface area contributed by atoms with Crippen molar-refractivity contribution in [1.82, 2.24) is 5.32 Å². The summed E-state index contributed by atoms with van der Waals surface area (Å²) in [5.74, 6) is 3.56. The van der Waals surface area contributed by atoms with E-state index in [1.165, 1.54) is 19.3 Å². The number of hydrogen-bond acceptors (Lipinski definition) is 2. The summed E-state index contributed by atoms with van der Waals surface area (Å²) in [5.41, 5.74) is -0.0599. The third-order valence-corrected chi connectivity index (χ3v) is 5.84. The van der Waals surface area contributed by atoms with Crippen molar-refractivity contribution in [2.45, 2.75) is 51.5 Å². The van der Waals surface area contributed by atoms with Crippen LogP contribution < -0.4 is 5.32 Å². The summed E-state index contributed by atoms with van der Waals surface area (Å²) < 4.78 is 5.40. The zero-order valence-electron chi connectivity index (χ0n) is 12.1. The van der Waals surface area contributed by atoms with Crippen LogP contribution in [0, 0.1) is 23.2 Å². The van der Waals surface area contributed by atoms with E-state index < -0.39 is 0 Å². The summed E-state index contributed by atoms with van der Waals surface area (Å²) in [5, 5.41) is 3.21. The molecule has 4 fully saturated rings. The fraction of sp³-hybridized carbons (Fsp3) is 0.706. The number of carbonyl (C=O) groups is 1. The van der Waals surface area contributed by atoms with Crippen LogP contribution in [-0.4, -0.2) is 5.91 Å². The Labute approximate surface area is 120 Å². The van der Waals surface area contributed by atoms with Gasteiger partial charge in [-0.15, -0.1) is 0 Å². The van der Waals surface area contributed by atoms with E-state index in [9.17, 15) is 4.79 Å². The molecule has 0 radical (unpaired) electrons. The van der Waals surface area contributed by atoms with Gasteiger partial charge in [0, 0.05) is 5.41 Å². The van der Waals surface area contributed by atoms with Gasteiger partial charge in [-0.05, 0) is 75.3 Å². The van der Waals surface area contributed by atoms with E-state index in [-0.39, 0.29) is 17.4 Å². The van der Waals surface area contributed by atoms with Gasteiger partial charge in [0.25, 0.3) is 0 Å². The molecule has 3 heteroatoms. The lowest BCUT2D eigenvalue weighted by atomic mass is 9.49. The summed E-state index contributed by atoms with van der Waals surface area (Å²) >= 11 is 0. The predicted molar refractivity (Wildman–Crippen MR) is 75.9 cm³/mol. The average molecular weight is 273 g/mol. The Morgan fingerprint density at radius 3 is 2.35 bits per heavy atom. The smallest absolute Gasteiger partial charge is 0.226 e. The largest absolute Gasteiger partial charge is 0.467 e. The van der Waals surface area contributed by atoms with Gasteiger partial charge in [0.2, 0.25) is 5.91 Å². The normalized spacial score (nSPS) is 39.8. The molecule has 1 aromatic heterocycles. The first-order chi connectivity index (χ1) is 9.64. The SMILES string of the molecule is CC(NC(=O)C12CC3CC(CC(C3)C1)C2)c1ccco1. The molecule has 1 atom stereocenters. The van der Waals surface area contributed by atoms with Gasteiger partial charge in [-0.3, -0.25) is 4.79 Å². The maximum Gasteiger partial charge on any atom is 0.226 e. The van der Waals surface area contributed by atoms with Crippen molar-refractivity contribution in [3.8, 4) is 0 Å². The van der Waals surface area contributed by atoms with E-state index >= 15 is 0 Å². The lowest BCUT2D eigenvalue weighted by Crippen LogP contribution is -2.53. The molecule has 0 aliphatic heterocycles. The molecule has 0 spiro atoms. The highest BCUT2D eigenvalue weighted by Crippen LogP contribution is 2.60. The molecule has 20 heavy (non-hydrogen) atoms. The predicted octanol–water partition coefficient (Wildman–Crippen LogP) is 3.67. The molecule has 4 saturated carbocycles. The minimum Gasteiger partial charge on any atom is -0.467 e. The van der Waals surface area contributed by atoms with Gasteiger partial charge in [0.05, 0.1) is 12.3 Å². The van der Waals surface area contributed by atoms with Crippen LogP contribution in [0.1, 0.15) is 57.3 Å². The number of carbonyl (C=O) groups excluding carboxylic acids is 1.